The number of halogens is 4. The minimum absolute atomic E-state index is 0.0497. The van der Waals surface area contributed by atoms with E-state index in [1.165, 1.54) is 6.07 Å². The Hall–Kier alpha value is -2.36. The zero-order valence-corrected chi connectivity index (χ0v) is 12.8. The smallest absolute Gasteiger partial charge is 0.451 e. The van der Waals surface area contributed by atoms with Crippen molar-refractivity contribution >= 4 is 32.8 Å². The number of rotatable bonds is 3. The van der Waals surface area contributed by atoms with Gasteiger partial charge in [-0.2, -0.15) is 13.2 Å². The Morgan fingerprint density at radius 1 is 1.35 bits per heavy atom. The molecule has 0 radical (unpaired) electrons. The van der Waals surface area contributed by atoms with E-state index in [0.29, 0.717) is 5.58 Å². The number of hydrogen-bond acceptors (Lipinski definition) is 4. The molecule has 3 aromatic rings. The predicted octanol–water partition coefficient (Wildman–Crippen LogP) is 3.26. The lowest BCUT2D eigenvalue weighted by Gasteiger charge is -2.00. The lowest BCUT2D eigenvalue weighted by molar-refractivity contribution is -0.144. The molecule has 2 heterocycles. The average molecular weight is 389 g/mol. The lowest BCUT2D eigenvalue weighted by Crippen LogP contribution is -2.23. The molecule has 0 saturated heterocycles. The van der Waals surface area contributed by atoms with Gasteiger partial charge in [-0.15, -0.1) is 5.10 Å². The van der Waals surface area contributed by atoms with Crippen molar-refractivity contribution in [2.75, 3.05) is 0 Å². The summed E-state index contributed by atoms with van der Waals surface area (Å²) in [5.41, 5.74) is 0.525. The second-order valence-electron chi connectivity index (χ2n) is 4.58. The van der Waals surface area contributed by atoms with Crippen molar-refractivity contribution in [3.05, 3.63) is 46.1 Å². The quantitative estimate of drug-likeness (QED) is 0.721. The number of nitrogens with one attached hydrogen (secondary N) is 2. The summed E-state index contributed by atoms with van der Waals surface area (Å²) in [5.74, 6) is -1.91. The van der Waals surface area contributed by atoms with E-state index in [9.17, 15) is 18.0 Å². The van der Waals surface area contributed by atoms with E-state index in [0.717, 1.165) is 9.86 Å². The third-order valence-corrected chi connectivity index (χ3v) is 3.40. The number of benzene rings is 1. The fourth-order valence-electron chi connectivity index (χ4n) is 1.88. The van der Waals surface area contributed by atoms with E-state index in [2.05, 4.69) is 36.4 Å². The normalized spacial score (nSPS) is 11.8. The molecular weight excluding hydrogens is 381 g/mol. The summed E-state index contributed by atoms with van der Waals surface area (Å²) in [6, 6.07) is 6.78. The van der Waals surface area contributed by atoms with Gasteiger partial charge in [0, 0.05) is 9.86 Å². The third-order valence-electron chi connectivity index (χ3n) is 2.90. The van der Waals surface area contributed by atoms with Crippen LogP contribution in [0, 0.1) is 0 Å². The number of fused-ring (bicyclic) bond motifs is 1. The fourth-order valence-corrected chi connectivity index (χ4v) is 2.26. The van der Waals surface area contributed by atoms with Crippen LogP contribution in [0.4, 0.5) is 13.2 Å². The van der Waals surface area contributed by atoms with Gasteiger partial charge < -0.3 is 9.73 Å². The van der Waals surface area contributed by atoms with Crippen molar-refractivity contribution in [2.45, 2.75) is 12.7 Å². The Kier molecular flexibility index (Phi) is 3.84. The molecule has 1 amide bonds. The Labute approximate surface area is 135 Å². The number of hydrogen-bond donors (Lipinski definition) is 2. The number of carbonyl (C=O) groups is 1. The number of alkyl halides is 3. The van der Waals surface area contributed by atoms with Crippen LogP contribution in [0.15, 0.2) is 33.2 Å². The zero-order valence-electron chi connectivity index (χ0n) is 11.2. The van der Waals surface area contributed by atoms with Gasteiger partial charge in [0.2, 0.25) is 0 Å². The molecule has 0 saturated carbocycles. The topological polar surface area (TPSA) is 83.8 Å². The number of aromatic amines is 1. The molecule has 0 aliphatic rings. The van der Waals surface area contributed by atoms with Gasteiger partial charge in [-0.05, 0) is 24.3 Å². The Bertz CT molecular complexity index is 872. The van der Waals surface area contributed by atoms with Crippen LogP contribution in [0.2, 0.25) is 0 Å². The monoisotopic (exact) mass is 388 g/mol. The zero-order chi connectivity index (χ0) is 16.6. The summed E-state index contributed by atoms with van der Waals surface area (Å²) in [7, 11) is 0. The fraction of sp³-hybridized carbons (Fsp3) is 0.154. The third kappa shape index (κ3) is 3.36. The molecule has 0 unspecified atom stereocenters. The maximum absolute atomic E-state index is 12.4. The van der Waals surface area contributed by atoms with E-state index in [1.54, 1.807) is 18.2 Å². The molecule has 6 nitrogen and oxygen atoms in total. The minimum Gasteiger partial charge on any atom is -0.451 e. The second-order valence-corrected chi connectivity index (χ2v) is 5.49. The molecule has 0 fully saturated rings. The van der Waals surface area contributed by atoms with Crippen molar-refractivity contribution in [3.63, 3.8) is 0 Å². The standard InChI is InChI=1S/C13H8BrF3N4O2/c14-7-1-2-8-6(3-7)4-9(23-8)11(22)18-5-10-19-12(21-20-10)13(15,16)17/h1-4H,5H2,(H,18,22)(H,19,20,21). The predicted molar refractivity (Wildman–Crippen MR) is 76.5 cm³/mol. The maximum Gasteiger partial charge on any atom is 0.453 e. The van der Waals surface area contributed by atoms with Crippen LogP contribution in [-0.2, 0) is 12.7 Å². The summed E-state index contributed by atoms with van der Waals surface area (Å²) >= 11 is 3.30. The number of amides is 1. The van der Waals surface area contributed by atoms with E-state index in [4.69, 9.17) is 4.42 Å². The van der Waals surface area contributed by atoms with E-state index < -0.39 is 17.9 Å². The average Bonchev–Trinajstić information content (AvgIpc) is 3.10. The van der Waals surface area contributed by atoms with Crippen molar-refractivity contribution in [2.24, 2.45) is 0 Å². The van der Waals surface area contributed by atoms with Crippen molar-refractivity contribution < 1.29 is 22.4 Å². The highest BCUT2D eigenvalue weighted by Gasteiger charge is 2.36. The van der Waals surface area contributed by atoms with E-state index in [-0.39, 0.29) is 18.1 Å². The first-order valence-corrected chi connectivity index (χ1v) is 7.08. The molecule has 3 rings (SSSR count). The maximum atomic E-state index is 12.4. The summed E-state index contributed by atoms with van der Waals surface area (Å²) in [6.45, 7) is -0.233. The molecule has 23 heavy (non-hydrogen) atoms. The van der Waals surface area contributed by atoms with Crippen LogP contribution in [0.5, 0.6) is 0 Å². The van der Waals surface area contributed by atoms with Gasteiger partial charge in [0.25, 0.3) is 11.7 Å². The van der Waals surface area contributed by atoms with Gasteiger partial charge in [-0.25, -0.2) is 4.98 Å². The number of aromatic nitrogens is 3. The van der Waals surface area contributed by atoms with Crippen LogP contribution in [0.25, 0.3) is 11.0 Å². The van der Waals surface area contributed by atoms with Crippen LogP contribution in [0.1, 0.15) is 22.2 Å². The highest BCUT2D eigenvalue weighted by Crippen LogP contribution is 2.25. The van der Waals surface area contributed by atoms with Crippen molar-refractivity contribution in [3.8, 4) is 0 Å². The summed E-state index contributed by atoms with van der Waals surface area (Å²) in [4.78, 5) is 15.2. The highest BCUT2D eigenvalue weighted by atomic mass is 79.9. The number of furan rings is 1. The number of H-pyrrole nitrogens is 1. The number of nitrogens with zero attached hydrogens (tertiary/aromatic N) is 2. The first-order chi connectivity index (χ1) is 10.8. The molecule has 1 aromatic carbocycles. The summed E-state index contributed by atoms with van der Waals surface area (Å²) in [5, 5.41) is 8.30. The first-order valence-electron chi connectivity index (χ1n) is 6.29. The SMILES string of the molecule is O=C(NCc1nc(C(F)(F)F)n[nH]1)c1cc2cc(Br)ccc2o1. The van der Waals surface area contributed by atoms with Crippen molar-refractivity contribution in [1.29, 1.82) is 0 Å². The van der Waals surface area contributed by atoms with E-state index in [1.807, 2.05) is 0 Å². The Morgan fingerprint density at radius 3 is 2.83 bits per heavy atom. The molecular formula is C13H8BrF3N4O2. The molecule has 120 valence electrons. The molecule has 0 aliphatic carbocycles. The van der Waals surface area contributed by atoms with Gasteiger partial charge in [-0.1, -0.05) is 15.9 Å². The van der Waals surface area contributed by atoms with Crippen molar-refractivity contribution in [1.82, 2.24) is 20.5 Å². The molecule has 10 heteroatoms. The molecule has 0 spiro atoms. The van der Waals surface area contributed by atoms with E-state index >= 15 is 0 Å². The molecule has 0 atom stereocenters. The lowest BCUT2D eigenvalue weighted by atomic mass is 10.2. The first kappa shape index (κ1) is 15.5. The summed E-state index contributed by atoms with van der Waals surface area (Å²) in [6.07, 6.45) is -4.63. The highest BCUT2D eigenvalue weighted by molar-refractivity contribution is 9.10. The molecule has 0 bridgehead atoms. The molecule has 2 N–H and O–H groups in total. The largest absolute Gasteiger partial charge is 0.453 e. The van der Waals surface area contributed by atoms with Gasteiger partial charge in [0.15, 0.2) is 5.76 Å². The number of carbonyl (C=O) groups excluding carboxylic acids is 1. The van der Waals surface area contributed by atoms with Gasteiger partial charge in [0.1, 0.15) is 11.4 Å². The van der Waals surface area contributed by atoms with Crippen LogP contribution in [-0.4, -0.2) is 21.1 Å². The summed E-state index contributed by atoms with van der Waals surface area (Å²) < 4.78 is 43.3. The van der Waals surface area contributed by atoms with Gasteiger partial charge in [0.05, 0.1) is 6.54 Å². The molecule has 2 aromatic heterocycles. The molecule has 0 aliphatic heterocycles. The van der Waals surface area contributed by atoms with Crippen LogP contribution < -0.4 is 5.32 Å². The Morgan fingerprint density at radius 2 is 2.13 bits per heavy atom. The van der Waals surface area contributed by atoms with Gasteiger partial charge in [-0.3, -0.25) is 9.89 Å². The van der Waals surface area contributed by atoms with Gasteiger partial charge >= 0.3 is 6.18 Å². The van der Waals surface area contributed by atoms with Crippen LogP contribution in [0.3, 0.4) is 0 Å². The van der Waals surface area contributed by atoms with Crippen LogP contribution >= 0.6 is 15.9 Å². The minimum atomic E-state index is -4.63. The second kappa shape index (κ2) is 5.69. The Balaban J connectivity index is 1.70.